The lowest BCUT2D eigenvalue weighted by Gasteiger charge is -2.14. The second-order valence-corrected chi connectivity index (χ2v) is 14.0. The minimum atomic E-state index is 0.474. The Morgan fingerprint density at radius 3 is 2.04 bits per heavy atom. The van der Waals surface area contributed by atoms with Gasteiger partial charge >= 0.3 is 0 Å². The van der Waals surface area contributed by atoms with Gasteiger partial charge in [-0.15, -0.1) is 0 Å². The van der Waals surface area contributed by atoms with Gasteiger partial charge in [-0.1, -0.05) is 152 Å². The van der Waals surface area contributed by atoms with Crippen LogP contribution in [-0.2, 0) is 6.54 Å². The van der Waals surface area contributed by atoms with E-state index in [1.165, 1.54) is 10.8 Å². The van der Waals surface area contributed by atoms with E-state index in [4.69, 9.17) is 14.4 Å². The van der Waals surface area contributed by atoms with E-state index in [-0.39, 0.29) is 0 Å². The fourth-order valence-corrected chi connectivity index (χ4v) is 7.99. The van der Waals surface area contributed by atoms with Gasteiger partial charge in [-0.3, -0.25) is 4.99 Å². The number of fused-ring (bicyclic) bond motifs is 6. The predicted molar refractivity (Wildman–Crippen MR) is 238 cm³/mol. The van der Waals surface area contributed by atoms with Crippen LogP contribution in [0.25, 0.3) is 71.7 Å². The molecule has 0 amide bonds. The molecule has 0 bridgehead atoms. The monoisotopic (exact) mass is 732 g/mol. The van der Waals surface area contributed by atoms with Gasteiger partial charge in [0.2, 0.25) is 0 Å². The third-order valence-electron chi connectivity index (χ3n) is 10.6. The van der Waals surface area contributed by atoms with Crippen LogP contribution in [0.2, 0.25) is 0 Å². The second-order valence-electron chi connectivity index (χ2n) is 14.0. The van der Waals surface area contributed by atoms with Crippen LogP contribution in [0.5, 0.6) is 0 Å². The quantitative estimate of drug-likeness (QED) is 0.119. The van der Waals surface area contributed by atoms with Crippen molar-refractivity contribution in [3.8, 4) is 27.9 Å². The molecule has 0 aliphatic heterocycles. The zero-order valence-electron chi connectivity index (χ0n) is 31.1. The van der Waals surface area contributed by atoms with E-state index in [0.29, 0.717) is 18.2 Å². The molecule has 2 heterocycles. The van der Waals surface area contributed by atoms with E-state index in [2.05, 4.69) is 144 Å². The highest BCUT2D eigenvalue weighted by Crippen LogP contribution is 2.40. The van der Waals surface area contributed by atoms with Gasteiger partial charge in [0.05, 0.1) is 17.6 Å². The van der Waals surface area contributed by atoms with Crippen molar-refractivity contribution in [2.24, 2.45) is 15.0 Å². The summed E-state index contributed by atoms with van der Waals surface area (Å²) in [4.78, 5) is 14.5. The Hall–Kier alpha value is -7.63. The maximum Gasteiger partial charge on any atom is 0.161 e. The highest BCUT2D eigenvalue weighted by atomic mass is 16.3. The molecule has 0 fully saturated rings. The first-order valence-corrected chi connectivity index (χ1v) is 19.1. The highest BCUT2D eigenvalue weighted by Gasteiger charge is 2.18. The Bertz CT molecular complexity index is 3170. The van der Waals surface area contributed by atoms with Crippen molar-refractivity contribution in [2.75, 3.05) is 0 Å². The van der Waals surface area contributed by atoms with Gasteiger partial charge in [-0.25, -0.2) is 9.98 Å². The highest BCUT2D eigenvalue weighted by molar-refractivity contribution is 6.16. The van der Waals surface area contributed by atoms with Gasteiger partial charge in [0.1, 0.15) is 11.2 Å². The Balaban J connectivity index is 1.11. The standard InChI is InChI=1S/C52H36N4O/c1-53-51(36-18-6-3-7-19-36)55-52(54-34-35-16-4-2-5-17-35)43-24-9-8-22-40(43)37-20-14-21-39(32-37)56-46-27-12-10-23-42(46)45-33-38(30-31-47(45)56)41-26-15-29-49-50(41)44-25-11-13-28-48(44)57-49/h2-33H,1,34H2. The second kappa shape index (κ2) is 14.5. The first-order chi connectivity index (χ1) is 28.2. The SMILES string of the molecule is C=NC(=NC(=NCc1ccccc1)c1ccccc1-c1cccc(-n2c3ccccc3c3cc(-c4cccc5oc6ccccc6c45)ccc32)c1)c1ccccc1. The predicted octanol–water partition coefficient (Wildman–Crippen LogP) is 13.1. The number of nitrogens with zero attached hydrogens (tertiary/aromatic N) is 4. The number of furan rings is 1. The summed E-state index contributed by atoms with van der Waals surface area (Å²) in [6.45, 7) is 4.35. The molecule has 0 radical (unpaired) electrons. The molecular formula is C52H36N4O. The van der Waals surface area contributed by atoms with Crippen LogP contribution in [0.4, 0.5) is 0 Å². The largest absolute Gasteiger partial charge is 0.456 e. The van der Waals surface area contributed by atoms with E-state index in [1.54, 1.807) is 0 Å². The van der Waals surface area contributed by atoms with Crippen LogP contribution >= 0.6 is 0 Å². The molecule has 0 atom stereocenters. The van der Waals surface area contributed by atoms with Crippen molar-refractivity contribution in [1.29, 1.82) is 0 Å². The molecule has 5 nitrogen and oxygen atoms in total. The van der Waals surface area contributed by atoms with E-state index in [0.717, 1.165) is 77.6 Å². The van der Waals surface area contributed by atoms with E-state index < -0.39 is 0 Å². The van der Waals surface area contributed by atoms with E-state index in [1.807, 2.05) is 66.7 Å². The summed E-state index contributed by atoms with van der Waals surface area (Å²) in [7, 11) is 0. The molecule has 0 aliphatic carbocycles. The van der Waals surface area contributed by atoms with Crippen molar-refractivity contribution in [3.05, 3.63) is 211 Å². The Labute approximate surface area is 330 Å². The summed E-state index contributed by atoms with van der Waals surface area (Å²) < 4.78 is 8.62. The molecule has 2 aromatic heterocycles. The maximum atomic E-state index is 6.26. The first kappa shape index (κ1) is 33.9. The van der Waals surface area contributed by atoms with Gasteiger partial charge in [-0.05, 0) is 77.0 Å². The normalized spacial score (nSPS) is 12.2. The van der Waals surface area contributed by atoms with E-state index >= 15 is 0 Å². The van der Waals surface area contributed by atoms with Crippen molar-refractivity contribution in [2.45, 2.75) is 6.54 Å². The van der Waals surface area contributed by atoms with Crippen LogP contribution in [0, 0.1) is 0 Å². The summed E-state index contributed by atoms with van der Waals surface area (Å²) >= 11 is 0. The average Bonchev–Trinajstić information content (AvgIpc) is 3.83. The molecule has 8 aromatic carbocycles. The first-order valence-electron chi connectivity index (χ1n) is 19.1. The molecule has 5 heteroatoms. The smallest absolute Gasteiger partial charge is 0.161 e. The molecular weight excluding hydrogens is 697 g/mol. The summed E-state index contributed by atoms with van der Waals surface area (Å²) in [6.07, 6.45) is 0. The third kappa shape index (κ3) is 6.21. The lowest BCUT2D eigenvalue weighted by Crippen LogP contribution is -2.07. The van der Waals surface area contributed by atoms with Crippen LogP contribution in [0.1, 0.15) is 16.7 Å². The maximum absolute atomic E-state index is 6.26. The Kier molecular flexibility index (Phi) is 8.65. The van der Waals surface area contributed by atoms with Gasteiger partial charge in [0.15, 0.2) is 11.7 Å². The number of hydrogen-bond acceptors (Lipinski definition) is 2. The van der Waals surface area contributed by atoms with Crippen LogP contribution in [-0.4, -0.2) is 23.0 Å². The van der Waals surface area contributed by atoms with Crippen molar-refractivity contribution < 1.29 is 4.42 Å². The van der Waals surface area contributed by atoms with Crippen LogP contribution < -0.4 is 0 Å². The number of aliphatic imine (C=N–C) groups is 3. The molecule has 10 rings (SSSR count). The van der Waals surface area contributed by atoms with Gasteiger partial charge in [0.25, 0.3) is 0 Å². The number of para-hydroxylation sites is 2. The molecule has 0 aliphatic rings. The van der Waals surface area contributed by atoms with Gasteiger partial charge in [-0.2, -0.15) is 0 Å². The van der Waals surface area contributed by atoms with Crippen molar-refractivity contribution >= 4 is 62.1 Å². The summed E-state index contributed by atoms with van der Waals surface area (Å²) in [5.74, 6) is 1.11. The fraction of sp³-hybridized carbons (Fsp3) is 0.0192. The molecule has 0 saturated carbocycles. The summed E-state index contributed by atoms with van der Waals surface area (Å²) in [5, 5.41) is 4.64. The lowest BCUT2D eigenvalue weighted by atomic mass is 9.97. The number of amidine groups is 2. The van der Waals surface area contributed by atoms with Gasteiger partial charge in [0, 0.05) is 38.4 Å². The molecule has 10 aromatic rings. The zero-order valence-corrected chi connectivity index (χ0v) is 31.1. The number of rotatable bonds is 7. The summed E-state index contributed by atoms with van der Waals surface area (Å²) in [5.41, 5.74) is 12.4. The molecule has 0 unspecified atom stereocenters. The van der Waals surface area contributed by atoms with Gasteiger partial charge < -0.3 is 8.98 Å². The van der Waals surface area contributed by atoms with Crippen LogP contribution in [0.3, 0.4) is 0 Å². The molecule has 270 valence electrons. The Morgan fingerprint density at radius 1 is 0.509 bits per heavy atom. The molecule has 0 spiro atoms. The minimum Gasteiger partial charge on any atom is -0.456 e. The van der Waals surface area contributed by atoms with Crippen molar-refractivity contribution in [1.82, 2.24) is 4.57 Å². The molecule has 57 heavy (non-hydrogen) atoms. The topological polar surface area (TPSA) is 55.1 Å². The number of benzene rings is 8. The number of aromatic nitrogens is 1. The van der Waals surface area contributed by atoms with E-state index in [9.17, 15) is 0 Å². The fourth-order valence-electron chi connectivity index (χ4n) is 7.99. The zero-order chi connectivity index (χ0) is 38.1. The molecule has 0 saturated heterocycles. The number of hydrogen-bond donors (Lipinski definition) is 0. The minimum absolute atomic E-state index is 0.474. The Morgan fingerprint density at radius 2 is 1.18 bits per heavy atom. The summed E-state index contributed by atoms with van der Waals surface area (Å²) in [6, 6.07) is 67.3. The average molecular weight is 733 g/mol. The lowest BCUT2D eigenvalue weighted by molar-refractivity contribution is 0.669. The molecule has 0 N–H and O–H groups in total. The van der Waals surface area contributed by atoms with Crippen molar-refractivity contribution in [3.63, 3.8) is 0 Å². The van der Waals surface area contributed by atoms with Crippen LogP contribution in [0.15, 0.2) is 214 Å². The third-order valence-corrected chi connectivity index (χ3v) is 10.6.